The minimum absolute atomic E-state index is 0.777. The molecule has 2 aromatic rings. The number of H-pyrrole nitrogens is 1. The highest BCUT2D eigenvalue weighted by Gasteiger charge is 2.13. The quantitative estimate of drug-likeness (QED) is 0.842. The molecule has 0 radical (unpaired) electrons. The van der Waals surface area contributed by atoms with Gasteiger partial charge in [0.25, 0.3) is 0 Å². The second-order valence-corrected chi connectivity index (χ2v) is 4.79. The summed E-state index contributed by atoms with van der Waals surface area (Å²) in [6, 6.07) is 5.96. The van der Waals surface area contributed by atoms with Gasteiger partial charge in [-0.25, -0.2) is 0 Å². The van der Waals surface area contributed by atoms with Gasteiger partial charge in [0, 0.05) is 34.6 Å². The second-order valence-electron chi connectivity index (χ2n) is 4.35. The lowest BCUT2D eigenvalue weighted by molar-refractivity contribution is 0.953. The van der Waals surface area contributed by atoms with E-state index in [0.717, 1.165) is 35.9 Å². The van der Waals surface area contributed by atoms with Gasteiger partial charge in [-0.05, 0) is 30.7 Å². The van der Waals surface area contributed by atoms with Crippen molar-refractivity contribution in [1.82, 2.24) is 10.3 Å². The topological polar surface area (TPSA) is 40.2 Å². The molecule has 0 amide bonds. The predicted molar refractivity (Wildman–Crippen MR) is 72.1 cm³/mol. The number of aromatic amines is 1. The summed E-state index contributed by atoms with van der Waals surface area (Å²) >= 11 is 6.06. The first kappa shape index (κ1) is 10.7. The molecule has 0 aliphatic carbocycles. The molecule has 0 saturated carbocycles. The maximum atomic E-state index is 6.06. The zero-order chi connectivity index (χ0) is 11.8. The molecular formula is C13H14ClN3. The summed E-state index contributed by atoms with van der Waals surface area (Å²) in [6.07, 6.45) is 0.853. The number of benzene rings is 1. The first-order valence-electron chi connectivity index (χ1n) is 5.78. The third kappa shape index (κ3) is 1.91. The molecule has 1 aromatic heterocycles. The predicted octanol–water partition coefficient (Wildman–Crippen LogP) is 2.67. The van der Waals surface area contributed by atoms with E-state index in [1.54, 1.807) is 0 Å². The Bertz CT molecular complexity index is 598. The largest absolute Gasteiger partial charge is 0.372 e. The Morgan fingerprint density at radius 3 is 3.06 bits per heavy atom. The van der Waals surface area contributed by atoms with Crippen LogP contribution in [0.25, 0.3) is 10.9 Å². The summed E-state index contributed by atoms with van der Waals surface area (Å²) in [6.45, 7) is 3.94. The number of rotatable bonds is 2. The van der Waals surface area contributed by atoms with E-state index in [2.05, 4.69) is 22.2 Å². The van der Waals surface area contributed by atoms with Crippen molar-refractivity contribution in [2.24, 2.45) is 4.99 Å². The Balaban J connectivity index is 2.07. The molecule has 0 fully saturated rings. The minimum atomic E-state index is 0.777. The van der Waals surface area contributed by atoms with Gasteiger partial charge in [-0.15, -0.1) is 0 Å². The number of hydrogen-bond acceptors (Lipinski definition) is 2. The second kappa shape index (κ2) is 4.08. The highest BCUT2D eigenvalue weighted by atomic mass is 35.5. The van der Waals surface area contributed by atoms with Crippen molar-refractivity contribution in [2.45, 2.75) is 13.3 Å². The summed E-state index contributed by atoms with van der Waals surface area (Å²) in [7, 11) is 0. The first-order valence-corrected chi connectivity index (χ1v) is 6.16. The molecule has 2 heterocycles. The summed E-state index contributed by atoms with van der Waals surface area (Å²) in [4.78, 5) is 7.83. The number of nitrogens with zero attached hydrogens (tertiary/aromatic N) is 1. The molecule has 0 unspecified atom stereocenters. The molecule has 17 heavy (non-hydrogen) atoms. The molecular weight excluding hydrogens is 234 g/mol. The summed E-state index contributed by atoms with van der Waals surface area (Å²) in [5, 5.41) is 5.28. The Morgan fingerprint density at radius 2 is 2.29 bits per heavy atom. The maximum absolute atomic E-state index is 6.06. The van der Waals surface area contributed by atoms with Crippen molar-refractivity contribution in [3.05, 3.63) is 34.5 Å². The Hall–Kier alpha value is -1.48. The van der Waals surface area contributed by atoms with Gasteiger partial charge in [0.05, 0.1) is 6.54 Å². The smallest absolute Gasteiger partial charge is 0.101 e. The fraction of sp³-hybridized carbons (Fsp3) is 0.308. The van der Waals surface area contributed by atoms with Crippen LogP contribution in [0.2, 0.25) is 5.02 Å². The zero-order valence-electron chi connectivity index (χ0n) is 9.68. The molecule has 88 valence electrons. The molecule has 0 spiro atoms. The standard InChI is InChI=1S/C13H14ClN3/c1-8-10(7-13-15-4-5-16-13)11-6-9(14)2-3-12(11)17-8/h2-3,6,17H,4-5,7H2,1H3,(H,15,16). The minimum Gasteiger partial charge on any atom is -0.372 e. The van der Waals surface area contributed by atoms with Crippen LogP contribution < -0.4 is 5.32 Å². The fourth-order valence-corrected chi connectivity index (χ4v) is 2.49. The lowest BCUT2D eigenvalue weighted by atomic mass is 10.1. The van der Waals surface area contributed by atoms with Gasteiger partial charge in [-0.1, -0.05) is 11.6 Å². The molecule has 1 aliphatic heterocycles. The molecule has 1 aromatic carbocycles. The third-order valence-electron chi connectivity index (χ3n) is 3.17. The fourth-order valence-electron chi connectivity index (χ4n) is 2.32. The number of nitrogens with one attached hydrogen (secondary N) is 2. The molecule has 3 rings (SSSR count). The molecule has 0 saturated heterocycles. The molecule has 1 aliphatic rings. The molecule has 0 atom stereocenters. The number of halogens is 1. The van der Waals surface area contributed by atoms with E-state index in [0.29, 0.717) is 0 Å². The van der Waals surface area contributed by atoms with E-state index in [4.69, 9.17) is 11.6 Å². The number of amidine groups is 1. The normalized spacial score (nSPS) is 15.1. The highest BCUT2D eigenvalue weighted by Crippen LogP contribution is 2.25. The molecule has 0 bridgehead atoms. The maximum Gasteiger partial charge on any atom is 0.101 e. The van der Waals surface area contributed by atoms with E-state index in [1.807, 2.05) is 18.2 Å². The lowest BCUT2D eigenvalue weighted by Gasteiger charge is -2.03. The van der Waals surface area contributed by atoms with Gasteiger partial charge in [-0.3, -0.25) is 4.99 Å². The van der Waals surface area contributed by atoms with Crippen LogP contribution in [0, 0.1) is 6.92 Å². The number of aliphatic imine (C=N–C) groups is 1. The number of aromatic nitrogens is 1. The van der Waals surface area contributed by atoms with E-state index in [-0.39, 0.29) is 0 Å². The van der Waals surface area contributed by atoms with Crippen molar-refractivity contribution in [3.8, 4) is 0 Å². The summed E-state index contributed by atoms with van der Waals surface area (Å²) in [5.41, 5.74) is 3.62. The number of aryl methyl sites for hydroxylation is 1. The van der Waals surface area contributed by atoms with Crippen molar-refractivity contribution < 1.29 is 0 Å². The lowest BCUT2D eigenvalue weighted by Crippen LogP contribution is -2.20. The summed E-state index contributed by atoms with van der Waals surface area (Å²) in [5.74, 6) is 1.08. The van der Waals surface area contributed by atoms with Crippen molar-refractivity contribution in [1.29, 1.82) is 0 Å². The highest BCUT2D eigenvalue weighted by molar-refractivity contribution is 6.31. The van der Waals surface area contributed by atoms with Crippen LogP contribution in [-0.2, 0) is 6.42 Å². The van der Waals surface area contributed by atoms with Gasteiger partial charge in [0.15, 0.2) is 0 Å². The van der Waals surface area contributed by atoms with Crippen LogP contribution in [0.1, 0.15) is 11.3 Å². The van der Waals surface area contributed by atoms with Gasteiger partial charge >= 0.3 is 0 Å². The number of hydrogen-bond donors (Lipinski definition) is 2. The Kier molecular flexibility index (Phi) is 2.56. The molecule has 2 N–H and O–H groups in total. The van der Waals surface area contributed by atoms with Crippen LogP contribution in [0.3, 0.4) is 0 Å². The van der Waals surface area contributed by atoms with E-state index >= 15 is 0 Å². The van der Waals surface area contributed by atoms with Gasteiger partial charge in [0.2, 0.25) is 0 Å². The van der Waals surface area contributed by atoms with E-state index in [1.165, 1.54) is 16.6 Å². The Morgan fingerprint density at radius 1 is 1.41 bits per heavy atom. The van der Waals surface area contributed by atoms with Crippen LogP contribution in [0.5, 0.6) is 0 Å². The van der Waals surface area contributed by atoms with Crippen LogP contribution in [-0.4, -0.2) is 23.9 Å². The molecule has 4 heteroatoms. The van der Waals surface area contributed by atoms with E-state index < -0.39 is 0 Å². The van der Waals surface area contributed by atoms with E-state index in [9.17, 15) is 0 Å². The average molecular weight is 248 g/mol. The SMILES string of the molecule is Cc1[nH]c2ccc(Cl)cc2c1CC1=NCCN1. The molecule has 3 nitrogen and oxygen atoms in total. The monoisotopic (exact) mass is 247 g/mol. The van der Waals surface area contributed by atoms with Gasteiger partial charge in [0.1, 0.15) is 5.84 Å². The van der Waals surface area contributed by atoms with Crippen molar-refractivity contribution in [3.63, 3.8) is 0 Å². The Labute approximate surface area is 105 Å². The third-order valence-corrected chi connectivity index (χ3v) is 3.40. The number of fused-ring (bicyclic) bond motifs is 1. The van der Waals surface area contributed by atoms with Crippen molar-refractivity contribution in [2.75, 3.05) is 13.1 Å². The summed E-state index contributed by atoms with van der Waals surface area (Å²) < 4.78 is 0. The van der Waals surface area contributed by atoms with Crippen LogP contribution in [0.4, 0.5) is 0 Å². The van der Waals surface area contributed by atoms with Crippen molar-refractivity contribution >= 4 is 28.3 Å². The average Bonchev–Trinajstić information content (AvgIpc) is 2.90. The van der Waals surface area contributed by atoms with Crippen LogP contribution in [0.15, 0.2) is 23.2 Å². The van der Waals surface area contributed by atoms with Gasteiger partial charge in [-0.2, -0.15) is 0 Å². The van der Waals surface area contributed by atoms with Gasteiger partial charge < -0.3 is 10.3 Å². The van der Waals surface area contributed by atoms with Crippen LogP contribution >= 0.6 is 11.6 Å². The zero-order valence-corrected chi connectivity index (χ0v) is 10.4. The first-order chi connectivity index (χ1) is 8.24.